The first-order valence-electron chi connectivity index (χ1n) is 4.46. The predicted octanol–water partition coefficient (Wildman–Crippen LogP) is 2.15. The Labute approximate surface area is 88.4 Å². The van der Waals surface area contributed by atoms with Gasteiger partial charge in [-0.05, 0) is 24.6 Å². The monoisotopic (exact) mass is 204 g/mol. The lowest BCUT2D eigenvalue weighted by atomic mass is 9.99. The highest BCUT2D eigenvalue weighted by molar-refractivity contribution is 6.07. The zero-order valence-corrected chi connectivity index (χ0v) is 8.74. The standard InChI is InChI=1S/C12H12O3/c1-4-11(13)9-6-5-7-10(8(9)2)12(14)15-3/h4-7H,1H2,2-3H3. The number of hydrogen-bond acceptors (Lipinski definition) is 3. The Hall–Kier alpha value is -1.90. The summed E-state index contributed by atoms with van der Waals surface area (Å²) in [5.74, 6) is -0.635. The molecule has 0 heterocycles. The quantitative estimate of drug-likeness (QED) is 0.430. The Bertz CT molecular complexity index is 419. The smallest absolute Gasteiger partial charge is 0.338 e. The molecule has 1 rings (SSSR count). The van der Waals surface area contributed by atoms with E-state index in [4.69, 9.17) is 0 Å². The van der Waals surface area contributed by atoms with Crippen LogP contribution in [0.2, 0.25) is 0 Å². The highest BCUT2D eigenvalue weighted by atomic mass is 16.5. The molecule has 15 heavy (non-hydrogen) atoms. The number of carbonyl (C=O) groups excluding carboxylic acids is 2. The van der Waals surface area contributed by atoms with Gasteiger partial charge in [-0.25, -0.2) is 4.79 Å². The van der Waals surface area contributed by atoms with E-state index in [9.17, 15) is 9.59 Å². The summed E-state index contributed by atoms with van der Waals surface area (Å²) in [5.41, 5.74) is 1.51. The van der Waals surface area contributed by atoms with Crippen LogP contribution in [0.1, 0.15) is 26.3 Å². The number of methoxy groups -OCH3 is 1. The van der Waals surface area contributed by atoms with Crippen molar-refractivity contribution in [1.82, 2.24) is 0 Å². The van der Waals surface area contributed by atoms with Gasteiger partial charge in [0.25, 0.3) is 0 Å². The van der Waals surface area contributed by atoms with E-state index in [-0.39, 0.29) is 5.78 Å². The van der Waals surface area contributed by atoms with E-state index >= 15 is 0 Å². The largest absolute Gasteiger partial charge is 0.465 e. The number of esters is 1. The zero-order chi connectivity index (χ0) is 11.4. The fraction of sp³-hybridized carbons (Fsp3) is 0.167. The van der Waals surface area contributed by atoms with E-state index in [0.717, 1.165) is 0 Å². The molecule has 0 radical (unpaired) electrons. The van der Waals surface area contributed by atoms with Gasteiger partial charge in [-0.15, -0.1) is 0 Å². The Morgan fingerprint density at radius 3 is 2.47 bits per heavy atom. The van der Waals surface area contributed by atoms with Crippen LogP contribution >= 0.6 is 0 Å². The summed E-state index contributed by atoms with van der Waals surface area (Å²) in [5, 5.41) is 0. The van der Waals surface area contributed by atoms with Gasteiger partial charge in [-0.1, -0.05) is 18.7 Å². The number of carbonyl (C=O) groups is 2. The van der Waals surface area contributed by atoms with Crippen LogP contribution in [0.25, 0.3) is 0 Å². The molecule has 0 unspecified atom stereocenters. The summed E-state index contributed by atoms with van der Waals surface area (Å²) in [6.45, 7) is 5.12. The van der Waals surface area contributed by atoms with Crippen molar-refractivity contribution in [3.05, 3.63) is 47.5 Å². The van der Waals surface area contributed by atoms with Gasteiger partial charge in [0.15, 0.2) is 5.78 Å². The van der Waals surface area contributed by atoms with Gasteiger partial charge in [0.05, 0.1) is 12.7 Å². The van der Waals surface area contributed by atoms with Crippen LogP contribution in [-0.2, 0) is 4.74 Å². The molecule has 0 N–H and O–H groups in total. The number of ether oxygens (including phenoxy) is 1. The molecule has 78 valence electrons. The molecule has 3 nitrogen and oxygen atoms in total. The van der Waals surface area contributed by atoms with Crippen molar-refractivity contribution < 1.29 is 14.3 Å². The van der Waals surface area contributed by atoms with Crippen LogP contribution in [0.4, 0.5) is 0 Å². The minimum Gasteiger partial charge on any atom is -0.465 e. The fourth-order valence-corrected chi connectivity index (χ4v) is 1.34. The lowest BCUT2D eigenvalue weighted by molar-refractivity contribution is 0.0600. The first-order chi connectivity index (χ1) is 7.11. The average Bonchev–Trinajstić information content (AvgIpc) is 2.27. The summed E-state index contributed by atoms with van der Waals surface area (Å²) < 4.78 is 4.61. The Morgan fingerprint density at radius 2 is 1.93 bits per heavy atom. The maximum atomic E-state index is 11.4. The van der Waals surface area contributed by atoms with E-state index in [1.54, 1.807) is 25.1 Å². The van der Waals surface area contributed by atoms with E-state index in [1.807, 2.05) is 0 Å². The SMILES string of the molecule is C=CC(=O)c1cccc(C(=O)OC)c1C. The molecular formula is C12H12O3. The highest BCUT2D eigenvalue weighted by Crippen LogP contribution is 2.15. The molecule has 0 spiro atoms. The van der Waals surface area contributed by atoms with Crippen LogP contribution in [0.3, 0.4) is 0 Å². The Morgan fingerprint density at radius 1 is 1.33 bits per heavy atom. The number of rotatable bonds is 3. The normalized spacial score (nSPS) is 9.47. The molecule has 0 atom stereocenters. The van der Waals surface area contributed by atoms with E-state index in [1.165, 1.54) is 13.2 Å². The van der Waals surface area contributed by atoms with E-state index in [2.05, 4.69) is 11.3 Å². The van der Waals surface area contributed by atoms with Crippen molar-refractivity contribution in [2.24, 2.45) is 0 Å². The number of ketones is 1. The van der Waals surface area contributed by atoms with Gasteiger partial charge >= 0.3 is 5.97 Å². The topological polar surface area (TPSA) is 43.4 Å². The summed E-state index contributed by atoms with van der Waals surface area (Å²) in [4.78, 5) is 22.8. The third-order valence-electron chi connectivity index (χ3n) is 2.19. The summed E-state index contributed by atoms with van der Waals surface area (Å²) in [6.07, 6.45) is 1.23. The molecule has 3 heteroatoms. The second-order valence-electron chi connectivity index (χ2n) is 3.04. The van der Waals surface area contributed by atoms with Crippen LogP contribution in [0, 0.1) is 6.92 Å². The molecule has 0 saturated heterocycles. The minimum absolute atomic E-state index is 0.196. The van der Waals surface area contributed by atoms with E-state index < -0.39 is 5.97 Å². The van der Waals surface area contributed by atoms with E-state index in [0.29, 0.717) is 16.7 Å². The summed E-state index contributed by atoms with van der Waals surface area (Å²) in [6, 6.07) is 4.93. The maximum Gasteiger partial charge on any atom is 0.338 e. The van der Waals surface area contributed by atoms with Gasteiger partial charge in [-0.3, -0.25) is 4.79 Å². The molecule has 0 aliphatic rings. The zero-order valence-electron chi connectivity index (χ0n) is 8.74. The molecule has 0 bridgehead atoms. The van der Waals surface area contributed by atoms with Crippen molar-refractivity contribution in [2.75, 3.05) is 7.11 Å². The maximum absolute atomic E-state index is 11.4. The predicted molar refractivity (Wildman–Crippen MR) is 57.0 cm³/mol. The highest BCUT2D eigenvalue weighted by Gasteiger charge is 2.14. The van der Waals surface area contributed by atoms with Gasteiger partial charge in [0, 0.05) is 5.56 Å². The molecule has 0 saturated carbocycles. The second kappa shape index (κ2) is 4.55. The molecule has 0 aromatic heterocycles. The van der Waals surface area contributed by atoms with Crippen molar-refractivity contribution in [3.63, 3.8) is 0 Å². The van der Waals surface area contributed by atoms with Gasteiger partial charge in [0.1, 0.15) is 0 Å². The molecule has 1 aromatic carbocycles. The van der Waals surface area contributed by atoms with Gasteiger partial charge < -0.3 is 4.74 Å². The first-order valence-corrected chi connectivity index (χ1v) is 4.46. The number of benzene rings is 1. The van der Waals surface area contributed by atoms with Crippen molar-refractivity contribution in [1.29, 1.82) is 0 Å². The summed E-state index contributed by atoms with van der Waals surface area (Å²) in [7, 11) is 1.31. The van der Waals surface area contributed by atoms with Crippen LogP contribution in [0.15, 0.2) is 30.9 Å². The minimum atomic E-state index is -0.439. The van der Waals surface area contributed by atoms with Crippen LogP contribution in [0.5, 0.6) is 0 Å². The molecule has 1 aromatic rings. The molecule has 0 aliphatic heterocycles. The average molecular weight is 204 g/mol. The molecular weight excluding hydrogens is 192 g/mol. The Balaban J connectivity index is 3.28. The first kappa shape index (κ1) is 11.2. The third-order valence-corrected chi connectivity index (χ3v) is 2.19. The second-order valence-corrected chi connectivity index (χ2v) is 3.04. The van der Waals surface area contributed by atoms with Gasteiger partial charge in [0.2, 0.25) is 0 Å². The summed E-state index contributed by atoms with van der Waals surface area (Å²) >= 11 is 0. The lowest BCUT2D eigenvalue weighted by Crippen LogP contribution is -2.07. The van der Waals surface area contributed by atoms with Crippen LogP contribution in [-0.4, -0.2) is 18.9 Å². The van der Waals surface area contributed by atoms with Crippen LogP contribution < -0.4 is 0 Å². The Kier molecular flexibility index (Phi) is 3.39. The van der Waals surface area contributed by atoms with Crippen molar-refractivity contribution in [3.8, 4) is 0 Å². The van der Waals surface area contributed by atoms with Gasteiger partial charge in [-0.2, -0.15) is 0 Å². The lowest BCUT2D eigenvalue weighted by Gasteiger charge is -2.06. The molecule has 0 amide bonds. The third kappa shape index (κ3) is 2.13. The molecule has 0 fully saturated rings. The molecule has 0 aliphatic carbocycles. The van der Waals surface area contributed by atoms with Crippen molar-refractivity contribution in [2.45, 2.75) is 6.92 Å². The fourth-order valence-electron chi connectivity index (χ4n) is 1.34. The number of hydrogen-bond donors (Lipinski definition) is 0. The van der Waals surface area contributed by atoms with Crippen molar-refractivity contribution >= 4 is 11.8 Å². The number of allylic oxidation sites excluding steroid dienone is 1.